The first-order chi connectivity index (χ1) is 14.7. The predicted octanol–water partition coefficient (Wildman–Crippen LogP) is 2.57. The summed E-state index contributed by atoms with van der Waals surface area (Å²) in [5.41, 5.74) is -0.649. The molecule has 0 bridgehead atoms. The van der Waals surface area contributed by atoms with Gasteiger partial charge < -0.3 is 14.6 Å². The standard InChI is InChI=1S/C20H17FN4O6/c1-3-24-9-14(18(27)13-6-4-11(2)22-19(13)24)20(28)31-10-17(26)23-15-7-5-12(21)8-16(15)25(29)30/h4-9H,3,10H2,1-2H3,(H,23,26). The van der Waals surface area contributed by atoms with Crippen LogP contribution in [0.25, 0.3) is 11.0 Å². The maximum absolute atomic E-state index is 13.2. The molecule has 1 amide bonds. The molecule has 0 unspecified atom stereocenters. The molecule has 0 saturated carbocycles. The van der Waals surface area contributed by atoms with E-state index in [2.05, 4.69) is 10.3 Å². The Balaban J connectivity index is 1.78. The number of carbonyl (C=O) groups is 2. The average Bonchev–Trinajstić information content (AvgIpc) is 2.73. The number of esters is 1. The molecular weight excluding hydrogens is 411 g/mol. The summed E-state index contributed by atoms with van der Waals surface area (Å²) in [6.45, 7) is 3.22. The molecule has 0 aliphatic rings. The van der Waals surface area contributed by atoms with Crippen LogP contribution < -0.4 is 10.7 Å². The topological polar surface area (TPSA) is 133 Å². The second-order valence-electron chi connectivity index (χ2n) is 6.52. The number of amides is 1. The van der Waals surface area contributed by atoms with Crippen LogP contribution in [0.3, 0.4) is 0 Å². The monoisotopic (exact) mass is 428 g/mol. The molecule has 2 aromatic heterocycles. The maximum Gasteiger partial charge on any atom is 0.344 e. The van der Waals surface area contributed by atoms with Crippen LogP contribution in [0.5, 0.6) is 0 Å². The summed E-state index contributed by atoms with van der Waals surface area (Å²) in [5.74, 6) is -2.76. The van der Waals surface area contributed by atoms with Crippen LogP contribution in [0.15, 0.2) is 41.3 Å². The van der Waals surface area contributed by atoms with Gasteiger partial charge in [0, 0.05) is 18.4 Å². The van der Waals surface area contributed by atoms with Gasteiger partial charge in [-0.25, -0.2) is 14.2 Å². The highest BCUT2D eigenvalue weighted by atomic mass is 19.1. The summed E-state index contributed by atoms with van der Waals surface area (Å²) < 4.78 is 19.7. The molecule has 11 heteroatoms. The molecule has 0 fully saturated rings. The SMILES string of the molecule is CCn1cc(C(=O)OCC(=O)Nc2ccc(F)cc2[N+](=O)[O-])c(=O)c2ccc(C)nc21. The summed E-state index contributed by atoms with van der Waals surface area (Å²) >= 11 is 0. The molecule has 160 valence electrons. The van der Waals surface area contributed by atoms with E-state index < -0.39 is 40.3 Å². The minimum absolute atomic E-state index is 0.230. The van der Waals surface area contributed by atoms with Crippen LogP contribution >= 0.6 is 0 Å². The lowest BCUT2D eigenvalue weighted by molar-refractivity contribution is -0.384. The van der Waals surface area contributed by atoms with Crippen molar-refractivity contribution in [1.29, 1.82) is 0 Å². The van der Waals surface area contributed by atoms with Gasteiger partial charge in [-0.1, -0.05) is 0 Å². The highest BCUT2D eigenvalue weighted by Gasteiger charge is 2.20. The third-order valence-corrected chi connectivity index (χ3v) is 4.39. The summed E-state index contributed by atoms with van der Waals surface area (Å²) in [6.07, 6.45) is 1.31. The number of nitro benzene ring substituents is 1. The Morgan fingerprint density at radius 1 is 1.29 bits per heavy atom. The van der Waals surface area contributed by atoms with E-state index in [9.17, 15) is 28.9 Å². The van der Waals surface area contributed by atoms with Crippen molar-refractivity contribution in [2.45, 2.75) is 20.4 Å². The van der Waals surface area contributed by atoms with E-state index in [1.165, 1.54) is 6.20 Å². The number of aromatic nitrogens is 2. The predicted molar refractivity (Wildman–Crippen MR) is 108 cm³/mol. The molecule has 0 radical (unpaired) electrons. The Hall–Kier alpha value is -4.15. The van der Waals surface area contributed by atoms with Crippen molar-refractivity contribution in [3.05, 3.63) is 73.9 Å². The Bertz CT molecular complexity index is 1270. The highest BCUT2D eigenvalue weighted by Crippen LogP contribution is 2.24. The number of nitrogens with one attached hydrogen (secondary N) is 1. The fourth-order valence-electron chi connectivity index (χ4n) is 2.90. The molecule has 31 heavy (non-hydrogen) atoms. The fraction of sp³-hybridized carbons (Fsp3) is 0.200. The Kier molecular flexibility index (Phi) is 6.05. The molecule has 0 aliphatic heterocycles. The molecule has 0 atom stereocenters. The van der Waals surface area contributed by atoms with Crippen LogP contribution in [-0.2, 0) is 16.1 Å². The number of rotatable bonds is 6. The van der Waals surface area contributed by atoms with Gasteiger partial charge in [-0.3, -0.25) is 19.7 Å². The summed E-state index contributed by atoms with van der Waals surface area (Å²) in [7, 11) is 0. The van der Waals surface area contributed by atoms with Gasteiger partial charge in [-0.15, -0.1) is 0 Å². The molecule has 10 nitrogen and oxygen atoms in total. The Labute approximate surface area is 174 Å². The number of aryl methyl sites for hydroxylation is 2. The van der Waals surface area contributed by atoms with Crippen molar-refractivity contribution in [3.8, 4) is 0 Å². The minimum atomic E-state index is -1.03. The van der Waals surface area contributed by atoms with Crippen molar-refractivity contribution in [2.24, 2.45) is 0 Å². The van der Waals surface area contributed by atoms with Gasteiger partial charge in [-0.05, 0) is 38.1 Å². The zero-order chi connectivity index (χ0) is 22.7. The first kappa shape index (κ1) is 21.6. The third kappa shape index (κ3) is 4.55. The number of anilines is 1. The second kappa shape index (κ2) is 8.69. The largest absolute Gasteiger partial charge is 0.452 e. The second-order valence-corrected chi connectivity index (χ2v) is 6.52. The van der Waals surface area contributed by atoms with E-state index in [1.54, 1.807) is 23.6 Å². The fourth-order valence-corrected chi connectivity index (χ4v) is 2.90. The van der Waals surface area contributed by atoms with Gasteiger partial charge in [0.1, 0.15) is 22.7 Å². The number of carbonyl (C=O) groups excluding carboxylic acids is 2. The van der Waals surface area contributed by atoms with Crippen LogP contribution in [0.4, 0.5) is 15.8 Å². The van der Waals surface area contributed by atoms with Crippen molar-refractivity contribution in [2.75, 3.05) is 11.9 Å². The van der Waals surface area contributed by atoms with Crippen LogP contribution in [0.2, 0.25) is 0 Å². The highest BCUT2D eigenvalue weighted by molar-refractivity contribution is 5.97. The van der Waals surface area contributed by atoms with Gasteiger partial charge in [0.05, 0.1) is 16.4 Å². The number of nitrogens with zero attached hydrogens (tertiary/aromatic N) is 3. The third-order valence-electron chi connectivity index (χ3n) is 4.39. The summed E-state index contributed by atoms with van der Waals surface area (Å²) in [4.78, 5) is 51.6. The van der Waals surface area contributed by atoms with Gasteiger partial charge >= 0.3 is 5.97 Å². The summed E-state index contributed by atoms with van der Waals surface area (Å²) in [6, 6.07) is 5.81. The van der Waals surface area contributed by atoms with E-state index >= 15 is 0 Å². The van der Waals surface area contributed by atoms with Crippen molar-refractivity contribution < 1.29 is 23.6 Å². The number of benzene rings is 1. The normalized spacial score (nSPS) is 10.7. The van der Waals surface area contributed by atoms with E-state index in [0.717, 1.165) is 12.1 Å². The zero-order valence-corrected chi connectivity index (χ0v) is 16.5. The molecule has 0 saturated heterocycles. The van der Waals surface area contributed by atoms with E-state index in [-0.39, 0.29) is 16.6 Å². The number of halogens is 1. The molecule has 3 rings (SSSR count). The molecular formula is C20H17FN4O6. The van der Waals surface area contributed by atoms with Gasteiger partial charge in [0.25, 0.3) is 11.6 Å². The molecule has 0 spiro atoms. The zero-order valence-electron chi connectivity index (χ0n) is 16.5. The van der Waals surface area contributed by atoms with Crippen molar-refractivity contribution >= 4 is 34.3 Å². The van der Waals surface area contributed by atoms with Crippen LogP contribution in [0.1, 0.15) is 23.0 Å². The molecule has 0 aliphatic carbocycles. The number of hydrogen-bond donors (Lipinski definition) is 1. The van der Waals surface area contributed by atoms with Crippen LogP contribution in [-0.4, -0.2) is 33.0 Å². The van der Waals surface area contributed by atoms with Crippen LogP contribution in [0, 0.1) is 22.9 Å². The summed E-state index contributed by atoms with van der Waals surface area (Å²) in [5, 5.41) is 13.4. The minimum Gasteiger partial charge on any atom is -0.452 e. The quantitative estimate of drug-likeness (QED) is 0.362. The lowest BCUT2D eigenvalue weighted by Gasteiger charge is -2.11. The molecule has 1 aromatic carbocycles. The van der Waals surface area contributed by atoms with Crippen molar-refractivity contribution in [3.63, 3.8) is 0 Å². The number of nitro groups is 1. The molecule has 2 heterocycles. The van der Waals surface area contributed by atoms with Gasteiger partial charge in [0.2, 0.25) is 5.43 Å². The van der Waals surface area contributed by atoms with E-state index in [0.29, 0.717) is 24.0 Å². The lowest BCUT2D eigenvalue weighted by atomic mass is 10.2. The number of pyridine rings is 2. The Morgan fingerprint density at radius 2 is 2.03 bits per heavy atom. The first-order valence-electron chi connectivity index (χ1n) is 9.13. The lowest BCUT2D eigenvalue weighted by Crippen LogP contribution is -2.25. The number of ether oxygens (including phenoxy) is 1. The number of hydrogen-bond acceptors (Lipinski definition) is 7. The smallest absolute Gasteiger partial charge is 0.344 e. The first-order valence-corrected chi connectivity index (χ1v) is 9.13. The number of fused-ring (bicyclic) bond motifs is 1. The molecule has 3 aromatic rings. The van der Waals surface area contributed by atoms with Gasteiger partial charge in [-0.2, -0.15) is 0 Å². The van der Waals surface area contributed by atoms with E-state index in [1.807, 2.05) is 6.92 Å². The molecule has 1 N–H and O–H groups in total. The van der Waals surface area contributed by atoms with Gasteiger partial charge in [0.15, 0.2) is 6.61 Å². The van der Waals surface area contributed by atoms with Crippen molar-refractivity contribution in [1.82, 2.24) is 9.55 Å². The Morgan fingerprint density at radius 3 is 2.71 bits per heavy atom. The van der Waals surface area contributed by atoms with E-state index in [4.69, 9.17) is 4.74 Å². The maximum atomic E-state index is 13.2. The average molecular weight is 428 g/mol.